The monoisotopic (exact) mass is 323 g/mol. The zero-order chi connectivity index (χ0) is 15.9. The smallest absolute Gasteiger partial charge is 0.149 e. The summed E-state index contributed by atoms with van der Waals surface area (Å²) in [6, 6.07) is 3.49. The molecule has 0 aliphatic carbocycles. The van der Waals surface area contributed by atoms with Crippen LogP contribution in [-0.4, -0.2) is 30.0 Å². The number of hydrogen-bond donors (Lipinski definition) is 1. The lowest BCUT2D eigenvalue weighted by molar-refractivity contribution is 0.364. The van der Waals surface area contributed by atoms with Crippen LogP contribution in [0, 0.1) is 12.7 Å². The van der Waals surface area contributed by atoms with E-state index in [1.165, 1.54) is 0 Å². The Morgan fingerprint density at radius 1 is 1.50 bits per heavy atom. The molecule has 0 amide bonds. The Labute approximate surface area is 134 Å². The van der Waals surface area contributed by atoms with Crippen molar-refractivity contribution in [1.29, 1.82) is 0 Å². The van der Waals surface area contributed by atoms with Crippen LogP contribution >= 0.6 is 11.6 Å². The molecule has 1 aromatic carbocycles. The SMILES string of the molecule is COc1c(C(C)n2ccc(C)n2)cc(Cl)c(F)c1C1CNC1. The molecule has 0 bridgehead atoms. The van der Waals surface area contributed by atoms with E-state index in [0.717, 1.165) is 24.3 Å². The van der Waals surface area contributed by atoms with E-state index in [9.17, 15) is 4.39 Å². The largest absolute Gasteiger partial charge is 0.496 e. The van der Waals surface area contributed by atoms with Gasteiger partial charge in [-0.05, 0) is 26.0 Å². The molecule has 22 heavy (non-hydrogen) atoms. The molecule has 1 N–H and O–H groups in total. The average Bonchev–Trinajstić information content (AvgIpc) is 2.87. The standard InChI is InChI=1S/C16H19ClFN3O/c1-9-4-5-21(20-9)10(2)12-6-13(17)15(18)14(16(12)22-3)11-7-19-8-11/h4-6,10-11,19H,7-8H2,1-3H3. The van der Waals surface area contributed by atoms with Crippen LogP contribution < -0.4 is 10.1 Å². The van der Waals surface area contributed by atoms with Crippen LogP contribution in [0.1, 0.15) is 35.7 Å². The Balaban J connectivity index is 2.12. The number of methoxy groups -OCH3 is 1. The lowest BCUT2D eigenvalue weighted by atomic mass is 9.89. The first-order valence-electron chi connectivity index (χ1n) is 7.31. The molecule has 4 nitrogen and oxygen atoms in total. The van der Waals surface area contributed by atoms with Gasteiger partial charge in [0, 0.05) is 36.3 Å². The Kier molecular flexibility index (Phi) is 4.10. The van der Waals surface area contributed by atoms with Gasteiger partial charge in [-0.15, -0.1) is 0 Å². The van der Waals surface area contributed by atoms with Gasteiger partial charge in [-0.3, -0.25) is 4.68 Å². The van der Waals surface area contributed by atoms with Crippen molar-refractivity contribution in [3.8, 4) is 5.75 Å². The number of ether oxygens (including phenoxy) is 1. The molecule has 0 radical (unpaired) electrons. The highest BCUT2D eigenvalue weighted by Gasteiger charge is 2.30. The third-order valence-corrected chi connectivity index (χ3v) is 4.49. The first kappa shape index (κ1) is 15.3. The van der Waals surface area contributed by atoms with Crippen molar-refractivity contribution in [3.05, 3.63) is 46.0 Å². The van der Waals surface area contributed by atoms with Crippen molar-refractivity contribution in [2.45, 2.75) is 25.8 Å². The summed E-state index contributed by atoms with van der Waals surface area (Å²) < 4.78 is 21.9. The molecular weight excluding hydrogens is 305 g/mol. The van der Waals surface area contributed by atoms with Gasteiger partial charge in [0.25, 0.3) is 0 Å². The van der Waals surface area contributed by atoms with Gasteiger partial charge in [-0.2, -0.15) is 5.10 Å². The van der Waals surface area contributed by atoms with Gasteiger partial charge in [0.1, 0.15) is 11.6 Å². The minimum Gasteiger partial charge on any atom is -0.496 e. The fourth-order valence-corrected chi connectivity index (χ4v) is 3.06. The zero-order valence-corrected chi connectivity index (χ0v) is 13.6. The molecular formula is C16H19ClFN3O. The highest BCUT2D eigenvalue weighted by molar-refractivity contribution is 6.31. The fourth-order valence-electron chi connectivity index (χ4n) is 2.84. The maximum atomic E-state index is 14.5. The quantitative estimate of drug-likeness (QED) is 0.938. The van der Waals surface area contributed by atoms with E-state index >= 15 is 0 Å². The molecule has 118 valence electrons. The van der Waals surface area contributed by atoms with Crippen LogP contribution in [0.4, 0.5) is 4.39 Å². The molecule has 1 aliphatic rings. The van der Waals surface area contributed by atoms with E-state index in [-0.39, 0.29) is 22.8 Å². The summed E-state index contributed by atoms with van der Waals surface area (Å²) in [4.78, 5) is 0. The van der Waals surface area contributed by atoms with Crippen molar-refractivity contribution in [3.63, 3.8) is 0 Å². The predicted octanol–water partition coefficient (Wildman–Crippen LogP) is 3.29. The van der Waals surface area contributed by atoms with Crippen LogP contribution in [-0.2, 0) is 0 Å². The third-order valence-electron chi connectivity index (χ3n) is 4.22. The number of nitrogens with zero attached hydrogens (tertiary/aromatic N) is 2. The molecule has 1 aromatic heterocycles. The van der Waals surface area contributed by atoms with E-state index in [4.69, 9.17) is 16.3 Å². The Hall–Kier alpha value is -1.59. The van der Waals surface area contributed by atoms with Crippen molar-refractivity contribution >= 4 is 11.6 Å². The van der Waals surface area contributed by atoms with Gasteiger partial charge in [0.05, 0.1) is 23.9 Å². The fraction of sp³-hybridized carbons (Fsp3) is 0.438. The molecule has 0 saturated carbocycles. The first-order valence-corrected chi connectivity index (χ1v) is 7.69. The molecule has 1 saturated heterocycles. The van der Waals surface area contributed by atoms with E-state index in [1.807, 2.05) is 30.8 Å². The van der Waals surface area contributed by atoms with Gasteiger partial charge in [-0.25, -0.2) is 4.39 Å². The summed E-state index contributed by atoms with van der Waals surface area (Å²) >= 11 is 6.13. The third kappa shape index (κ3) is 2.48. The summed E-state index contributed by atoms with van der Waals surface area (Å²) in [5, 5.41) is 7.73. The van der Waals surface area contributed by atoms with Crippen LogP contribution in [0.2, 0.25) is 5.02 Å². The highest BCUT2D eigenvalue weighted by Crippen LogP contribution is 2.41. The molecule has 2 aromatic rings. The maximum Gasteiger partial charge on any atom is 0.149 e. The van der Waals surface area contributed by atoms with E-state index in [0.29, 0.717) is 11.3 Å². The lowest BCUT2D eigenvalue weighted by Crippen LogP contribution is -2.40. The minimum absolute atomic E-state index is 0.0893. The number of halogens is 2. The van der Waals surface area contributed by atoms with E-state index in [1.54, 1.807) is 13.2 Å². The van der Waals surface area contributed by atoms with Gasteiger partial charge < -0.3 is 10.1 Å². The second-order valence-corrected chi connectivity index (χ2v) is 6.08. The molecule has 1 aliphatic heterocycles. The Morgan fingerprint density at radius 2 is 2.23 bits per heavy atom. The lowest BCUT2D eigenvalue weighted by Gasteiger charge is -2.31. The number of hydrogen-bond acceptors (Lipinski definition) is 3. The minimum atomic E-state index is -0.377. The molecule has 1 fully saturated rings. The zero-order valence-electron chi connectivity index (χ0n) is 12.9. The summed E-state index contributed by atoms with van der Waals surface area (Å²) in [6.45, 7) is 5.41. The van der Waals surface area contributed by atoms with Crippen molar-refractivity contribution in [1.82, 2.24) is 15.1 Å². The summed E-state index contributed by atoms with van der Waals surface area (Å²) in [7, 11) is 1.57. The average molecular weight is 324 g/mol. The second kappa shape index (κ2) is 5.89. The molecule has 3 rings (SSSR count). The first-order chi connectivity index (χ1) is 10.5. The molecule has 6 heteroatoms. The predicted molar refractivity (Wildman–Crippen MR) is 84.3 cm³/mol. The van der Waals surface area contributed by atoms with Crippen molar-refractivity contribution in [2.24, 2.45) is 0 Å². The summed E-state index contributed by atoms with van der Waals surface area (Å²) in [5.41, 5.74) is 2.35. The maximum absolute atomic E-state index is 14.5. The van der Waals surface area contributed by atoms with Gasteiger partial charge in [0.2, 0.25) is 0 Å². The van der Waals surface area contributed by atoms with Crippen LogP contribution in [0.15, 0.2) is 18.3 Å². The van der Waals surface area contributed by atoms with Gasteiger partial charge in [0.15, 0.2) is 0 Å². The van der Waals surface area contributed by atoms with Crippen LogP contribution in [0.3, 0.4) is 0 Å². The number of aromatic nitrogens is 2. The van der Waals surface area contributed by atoms with Gasteiger partial charge in [-0.1, -0.05) is 11.6 Å². The normalized spacial score (nSPS) is 16.4. The highest BCUT2D eigenvalue weighted by atomic mass is 35.5. The van der Waals surface area contributed by atoms with E-state index < -0.39 is 0 Å². The Morgan fingerprint density at radius 3 is 2.73 bits per heavy atom. The number of benzene rings is 1. The Bertz CT molecular complexity index is 697. The number of aryl methyl sites for hydroxylation is 1. The topological polar surface area (TPSA) is 39.1 Å². The summed E-state index contributed by atoms with van der Waals surface area (Å²) in [5.74, 6) is 0.297. The van der Waals surface area contributed by atoms with Crippen molar-refractivity contribution in [2.75, 3.05) is 20.2 Å². The van der Waals surface area contributed by atoms with Crippen molar-refractivity contribution < 1.29 is 9.13 Å². The molecule has 1 atom stereocenters. The second-order valence-electron chi connectivity index (χ2n) is 5.68. The van der Waals surface area contributed by atoms with Crippen LogP contribution in [0.5, 0.6) is 5.75 Å². The van der Waals surface area contributed by atoms with Gasteiger partial charge >= 0.3 is 0 Å². The van der Waals surface area contributed by atoms with Crippen LogP contribution in [0.25, 0.3) is 0 Å². The molecule has 1 unspecified atom stereocenters. The number of nitrogens with one attached hydrogen (secondary N) is 1. The summed E-state index contributed by atoms with van der Waals surface area (Å²) in [6.07, 6.45) is 1.90. The van der Waals surface area contributed by atoms with E-state index in [2.05, 4.69) is 10.4 Å². The molecule has 2 heterocycles. The molecule has 0 spiro atoms. The number of rotatable bonds is 4.